The number of aromatic nitrogens is 3. The Kier molecular flexibility index (Phi) is 8.53. The van der Waals surface area contributed by atoms with Crippen molar-refractivity contribution >= 4 is 34.2 Å². The fourth-order valence-corrected chi connectivity index (χ4v) is 7.31. The van der Waals surface area contributed by atoms with Gasteiger partial charge in [0.1, 0.15) is 23.2 Å². The first-order chi connectivity index (χ1) is 23.7. The van der Waals surface area contributed by atoms with Crippen molar-refractivity contribution in [3.63, 3.8) is 0 Å². The number of aryl methyl sites for hydroxylation is 1. The van der Waals surface area contributed by atoms with Crippen molar-refractivity contribution in [3.05, 3.63) is 76.7 Å². The molecule has 0 bridgehead atoms. The third-order valence-corrected chi connectivity index (χ3v) is 10.1. The monoisotopic (exact) mass is 665 g/mol. The van der Waals surface area contributed by atoms with Crippen LogP contribution in [0, 0.1) is 5.41 Å². The average molecular weight is 666 g/mol. The van der Waals surface area contributed by atoms with Crippen molar-refractivity contribution in [1.82, 2.24) is 30.1 Å². The lowest BCUT2D eigenvalue weighted by Gasteiger charge is -2.55. The zero-order chi connectivity index (χ0) is 34.3. The molecule has 3 amide bonds. The second-order valence-corrected chi connectivity index (χ2v) is 13.2. The van der Waals surface area contributed by atoms with Crippen LogP contribution in [0.25, 0.3) is 21.9 Å². The maximum absolute atomic E-state index is 12.9. The van der Waals surface area contributed by atoms with Gasteiger partial charge in [-0.25, -0.2) is 0 Å². The summed E-state index contributed by atoms with van der Waals surface area (Å²) in [5, 5.41) is 6.35. The highest BCUT2D eigenvalue weighted by Gasteiger charge is 2.45. The van der Waals surface area contributed by atoms with E-state index < -0.39 is 17.9 Å². The number of methoxy groups -OCH3 is 2. The second kappa shape index (κ2) is 13.0. The predicted molar refractivity (Wildman–Crippen MR) is 183 cm³/mol. The maximum Gasteiger partial charge on any atom is 0.270 e. The molecule has 1 aromatic carbocycles. The number of likely N-dealkylation sites (tertiary alicyclic amines) is 1. The molecule has 3 fully saturated rings. The molecule has 254 valence electrons. The van der Waals surface area contributed by atoms with E-state index >= 15 is 0 Å². The van der Waals surface area contributed by atoms with Gasteiger partial charge >= 0.3 is 0 Å². The summed E-state index contributed by atoms with van der Waals surface area (Å²) in [7, 11) is 5.08. The summed E-state index contributed by atoms with van der Waals surface area (Å²) in [4.78, 5) is 62.2. The first kappa shape index (κ1) is 32.3. The topological polar surface area (TPSA) is 148 Å². The van der Waals surface area contributed by atoms with Crippen molar-refractivity contribution in [2.24, 2.45) is 12.5 Å². The fraction of sp³-hybridized carbons (Fsp3) is 0.389. The Morgan fingerprint density at radius 2 is 1.76 bits per heavy atom. The van der Waals surface area contributed by atoms with Crippen molar-refractivity contribution in [2.75, 3.05) is 45.3 Å². The molecule has 6 heterocycles. The molecule has 3 aromatic heterocycles. The number of nitrogens with zero attached hydrogens (tertiary/aromatic N) is 5. The molecule has 3 aliphatic heterocycles. The maximum atomic E-state index is 12.9. The van der Waals surface area contributed by atoms with Crippen LogP contribution in [0.3, 0.4) is 0 Å². The number of pyridine rings is 3. The van der Waals surface area contributed by atoms with Crippen LogP contribution in [-0.4, -0.2) is 83.6 Å². The van der Waals surface area contributed by atoms with E-state index in [1.54, 1.807) is 50.5 Å². The van der Waals surface area contributed by atoms with Gasteiger partial charge in [-0.05, 0) is 73.6 Å². The van der Waals surface area contributed by atoms with Crippen molar-refractivity contribution in [1.29, 1.82) is 0 Å². The Morgan fingerprint density at radius 3 is 2.45 bits per heavy atom. The summed E-state index contributed by atoms with van der Waals surface area (Å²) in [6, 6.07) is 8.81. The van der Waals surface area contributed by atoms with Crippen LogP contribution in [0.2, 0.25) is 0 Å². The number of anilines is 1. The van der Waals surface area contributed by atoms with Crippen molar-refractivity contribution < 1.29 is 23.9 Å². The highest BCUT2D eigenvalue weighted by Crippen LogP contribution is 2.44. The number of amides is 3. The van der Waals surface area contributed by atoms with Gasteiger partial charge in [-0.3, -0.25) is 39.4 Å². The number of ether oxygens (including phenoxy) is 2. The second-order valence-electron chi connectivity index (χ2n) is 13.2. The molecule has 1 atom stereocenters. The van der Waals surface area contributed by atoms with Crippen LogP contribution in [0.4, 0.5) is 5.69 Å². The molecule has 4 aromatic rings. The summed E-state index contributed by atoms with van der Waals surface area (Å²) in [5.74, 6) is 0.219. The molecule has 7 rings (SSSR count). The predicted octanol–water partition coefficient (Wildman–Crippen LogP) is 2.65. The standard InChI is InChI=1S/C36H39N7O6/c1-41-18-26(24-7-10-37-17-25(24)35(41)47)22-14-30(48-2)27(31(15-22)49-3)19-42-12-8-36(9-13-42)20-43(21-36)23-6-11-38-29(16-23)34(46)39-28-4-5-32(44)40-33(28)45/h6-7,10-11,14-18,28H,4-5,8-9,12-13,19-21H2,1-3H3,(H,39,46)(H,40,44,45). The molecule has 13 heteroatoms. The summed E-state index contributed by atoms with van der Waals surface area (Å²) in [6.07, 6.45) is 9.31. The van der Waals surface area contributed by atoms with E-state index in [4.69, 9.17) is 9.47 Å². The highest BCUT2D eigenvalue weighted by molar-refractivity contribution is 6.03. The molecule has 2 N–H and O–H groups in total. The van der Waals surface area contributed by atoms with Crippen LogP contribution in [0.1, 0.15) is 41.7 Å². The van der Waals surface area contributed by atoms with Crippen LogP contribution >= 0.6 is 0 Å². The molecule has 13 nitrogen and oxygen atoms in total. The number of benzene rings is 1. The molecule has 3 saturated heterocycles. The normalized spacial score (nSPS) is 19.0. The number of carbonyl (C=O) groups is 3. The van der Waals surface area contributed by atoms with Gasteiger partial charge in [0.05, 0.1) is 25.2 Å². The zero-order valence-corrected chi connectivity index (χ0v) is 27.8. The largest absolute Gasteiger partial charge is 0.496 e. The van der Waals surface area contributed by atoms with E-state index in [-0.39, 0.29) is 35.4 Å². The number of hydrogen-bond acceptors (Lipinski definition) is 10. The number of imide groups is 1. The lowest BCUT2D eigenvalue weighted by Crippen LogP contribution is -2.60. The van der Waals surface area contributed by atoms with E-state index in [0.29, 0.717) is 11.9 Å². The van der Waals surface area contributed by atoms with Gasteiger partial charge in [-0.1, -0.05) is 0 Å². The molecule has 1 unspecified atom stereocenters. The molecule has 1 spiro atoms. The number of carbonyl (C=O) groups excluding carboxylic acids is 3. The third kappa shape index (κ3) is 6.21. The van der Waals surface area contributed by atoms with Crippen LogP contribution in [-0.2, 0) is 23.2 Å². The number of piperidine rings is 2. The Hall–Kier alpha value is -5.30. The average Bonchev–Trinajstić information content (AvgIpc) is 3.10. The number of nitrogens with one attached hydrogen (secondary N) is 2. The van der Waals surface area contributed by atoms with Gasteiger partial charge in [0.15, 0.2) is 0 Å². The van der Waals surface area contributed by atoms with Gasteiger partial charge in [0.2, 0.25) is 11.8 Å². The van der Waals surface area contributed by atoms with Gasteiger partial charge in [-0.15, -0.1) is 0 Å². The molecule has 49 heavy (non-hydrogen) atoms. The SMILES string of the molecule is COc1cc(-c2cn(C)c(=O)c3cnccc23)cc(OC)c1CN1CCC2(CC1)CN(c1ccnc(C(=O)NC3CCC(=O)NC3=O)c1)C2. The van der Waals surface area contributed by atoms with Crippen molar-refractivity contribution in [2.45, 2.75) is 38.3 Å². The Balaban J connectivity index is 0.999. The van der Waals surface area contributed by atoms with Crippen LogP contribution < -0.4 is 30.6 Å². The molecular formula is C36H39N7O6. The summed E-state index contributed by atoms with van der Waals surface area (Å²) in [5.41, 5.74) is 4.04. The molecule has 0 aliphatic carbocycles. The van der Waals surface area contributed by atoms with Gasteiger partial charge < -0.3 is 24.3 Å². The van der Waals surface area contributed by atoms with E-state index in [9.17, 15) is 19.2 Å². The van der Waals surface area contributed by atoms with E-state index in [1.807, 2.05) is 30.5 Å². The highest BCUT2D eigenvalue weighted by atomic mass is 16.5. The molecule has 0 saturated carbocycles. The van der Waals surface area contributed by atoms with Gasteiger partial charge in [-0.2, -0.15) is 0 Å². The number of rotatable bonds is 8. The van der Waals surface area contributed by atoms with E-state index in [0.717, 1.165) is 78.3 Å². The minimum atomic E-state index is -0.746. The van der Waals surface area contributed by atoms with Crippen LogP contribution in [0.5, 0.6) is 11.5 Å². The van der Waals surface area contributed by atoms with Gasteiger partial charge in [0, 0.05) is 74.6 Å². The Morgan fingerprint density at radius 1 is 1.02 bits per heavy atom. The van der Waals surface area contributed by atoms with Crippen LogP contribution in [0.15, 0.2) is 59.9 Å². The summed E-state index contributed by atoms with van der Waals surface area (Å²) < 4.78 is 13.4. The lowest BCUT2D eigenvalue weighted by molar-refractivity contribution is -0.134. The summed E-state index contributed by atoms with van der Waals surface area (Å²) in [6.45, 7) is 4.32. The minimum absolute atomic E-state index is 0.0974. The molecule has 3 aliphatic rings. The van der Waals surface area contributed by atoms with E-state index in [1.165, 1.54) is 0 Å². The quantitative estimate of drug-likeness (QED) is 0.269. The number of fused-ring (bicyclic) bond motifs is 1. The van der Waals surface area contributed by atoms with E-state index in [2.05, 4.69) is 30.4 Å². The fourth-order valence-electron chi connectivity index (χ4n) is 7.31. The minimum Gasteiger partial charge on any atom is -0.496 e. The molecule has 0 radical (unpaired) electrons. The Labute approximate surface area is 283 Å². The molecular weight excluding hydrogens is 626 g/mol. The lowest BCUT2D eigenvalue weighted by atomic mass is 9.71. The third-order valence-electron chi connectivity index (χ3n) is 10.1. The number of hydrogen-bond donors (Lipinski definition) is 2. The zero-order valence-electron chi connectivity index (χ0n) is 27.8. The Bertz CT molecular complexity index is 1990. The van der Waals surface area contributed by atoms with Gasteiger partial charge in [0.25, 0.3) is 11.5 Å². The first-order valence-electron chi connectivity index (χ1n) is 16.4. The smallest absolute Gasteiger partial charge is 0.270 e. The summed E-state index contributed by atoms with van der Waals surface area (Å²) >= 11 is 0. The first-order valence-corrected chi connectivity index (χ1v) is 16.4. The van der Waals surface area contributed by atoms with Crippen molar-refractivity contribution in [3.8, 4) is 22.6 Å².